The monoisotopic (exact) mass is 222 g/mol. The number of aliphatic hydroxyl groups is 1. The summed E-state index contributed by atoms with van der Waals surface area (Å²) in [6.07, 6.45) is 0. The van der Waals surface area contributed by atoms with Gasteiger partial charge in [-0.15, -0.1) is 14.8 Å². The first-order valence-electron chi connectivity index (χ1n) is 5.01. The van der Waals surface area contributed by atoms with E-state index in [4.69, 9.17) is 5.11 Å². The Hall–Kier alpha value is -1.76. The average molecular weight is 222 g/mol. The molecule has 0 bridgehead atoms. The van der Waals surface area contributed by atoms with Crippen LogP contribution in [0.3, 0.4) is 0 Å². The third kappa shape index (κ3) is 2.25. The van der Waals surface area contributed by atoms with Crippen molar-refractivity contribution in [2.45, 2.75) is 13.8 Å². The topological polar surface area (TPSA) is 88.2 Å². The summed E-state index contributed by atoms with van der Waals surface area (Å²) in [5.74, 6) is 0.682. The van der Waals surface area contributed by atoms with Gasteiger partial charge >= 0.3 is 0 Å². The number of hydrogen-bond acceptors (Lipinski definition) is 6. The third-order valence-electron chi connectivity index (χ3n) is 2.25. The first-order chi connectivity index (χ1) is 7.61. The zero-order valence-corrected chi connectivity index (χ0v) is 9.25. The number of aliphatic hydroxyl groups excluding tert-OH is 1. The molecule has 2 heterocycles. The van der Waals surface area contributed by atoms with Crippen molar-refractivity contribution in [3.05, 3.63) is 12.1 Å². The van der Waals surface area contributed by atoms with Gasteiger partial charge in [0.1, 0.15) is 5.82 Å². The molecule has 0 fully saturated rings. The largest absolute Gasteiger partial charge is 0.396 e. The van der Waals surface area contributed by atoms with Gasteiger partial charge in [0.25, 0.3) is 0 Å². The first kappa shape index (κ1) is 10.7. The Balaban J connectivity index is 2.09. The van der Waals surface area contributed by atoms with Gasteiger partial charge in [-0.25, -0.2) is 0 Å². The second kappa shape index (κ2) is 4.01. The third-order valence-corrected chi connectivity index (χ3v) is 2.25. The minimum Gasteiger partial charge on any atom is -0.396 e. The van der Waals surface area contributed by atoms with Gasteiger partial charge in [0.2, 0.25) is 0 Å². The van der Waals surface area contributed by atoms with Crippen molar-refractivity contribution in [1.82, 2.24) is 25.3 Å². The highest BCUT2D eigenvalue weighted by Crippen LogP contribution is 2.14. The number of anilines is 1. The molecule has 2 N–H and O–H groups in total. The summed E-state index contributed by atoms with van der Waals surface area (Å²) in [6.45, 7) is 4.68. The van der Waals surface area contributed by atoms with E-state index in [1.807, 2.05) is 13.8 Å². The summed E-state index contributed by atoms with van der Waals surface area (Å²) >= 11 is 0. The van der Waals surface area contributed by atoms with E-state index >= 15 is 0 Å². The Morgan fingerprint density at radius 1 is 1.44 bits per heavy atom. The molecule has 2 aromatic heterocycles. The van der Waals surface area contributed by atoms with E-state index < -0.39 is 0 Å². The molecule has 86 valence electrons. The summed E-state index contributed by atoms with van der Waals surface area (Å²) < 4.78 is 1.36. The zero-order valence-electron chi connectivity index (χ0n) is 9.25. The normalized spacial score (nSPS) is 11.9. The Kier molecular flexibility index (Phi) is 2.69. The number of fused-ring (bicyclic) bond motifs is 1. The Morgan fingerprint density at radius 3 is 3.00 bits per heavy atom. The van der Waals surface area contributed by atoms with Crippen molar-refractivity contribution in [3.63, 3.8) is 0 Å². The van der Waals surface area contributed by atoms with Crippen molar-refractivity contribution >= 4 is 11.5 Å². The van der Waals surface area contributed by atoms with Crippen molar-refractivity contribution in [2.24, 2.45) is 5.41 Å². The van der Waals surface area contributed by atoms with E-state index in [1.54, 1.807) is 12.1 Å². The maximum absolute atomic E-state index is 9.11. The number of tetrazole rings is 1. The lowest BCUT2D eigenvalue weighted by Gasteiger charge is -2.21. The van der Waals surface area contributed by atoms with Crippen molar-refractivity contribution < 1.29 is 5.11 Å². The molecule has 7 nitrogen and oxygen atoms in total. The molecule has 0 aliphatic carbocycles. The molecule has 0 saturated carbocycles. The molecule has 0 aliphatic rings. The minimum absolute atomic E-state index is 0.118. The van der Waals surface area contributed by atoms with Gasteiger partial charge in [-0.05, 0) is 22.6 Å². The van der Waals surface area contributed by atoms with Crippen LogP contribution in [0.5, 0.6) is 0 Å². The molecule has 2 rings (SSSR count). The van der Waals surface area contributed by atoms with E-state index in [9.17, 15) is 0 Å². The van der Waals surface area contributed by atoms with Crippen molar-refractivity contribution in [1.29, 1.82) is 0 Å². The molecule has 0 spiro atoms. The van der Waals surface area contributed by atoms with E-state index in [-0.39, 0.29) is 12.0 Å². The molecule has 0 atom stereocenters. The molecule has 0 radical (unpaired) electrons. The highest BCUT2D eigenvalue weighted by atomic mass is 16.3. The predicted octanol–water partition coefficient (Wildman–Crippen LogP) is -0.0503. The van der Waals surface area contributed by atoms with Gasteiger partial charge in [-0.2, -0.15) is 0 Å². The number of aromatic nitrogens is 5. The summed E-state index contributed by atoms with van der Waals surface area (Å²) in [4.78, 5) is 0. The average Bonchev–Trinajstić information content (AvgIpc) is 2.73. The molecule has 0 amide bonds. The van der Waals surface area contributed by atoms with Crippen molar-refractivity contribution in [3.8, 4) is 0 Å². The molecule has 0 unspecified atom stereocenters. The zero-order chi connectivity index (χ0) is 11.6. The van der Waals surface area contributed by atoms with Gasteiger partial charge in [0.05, 0.1) is 0 Å². The Labute approximate surface area is 92.5 Å². The molecule has 7 heteroatoms. The highest BCUT2D eigenvalue weighted by molar-refractivity contribution is 5.42. The number of hydrogen-bond donors (Lipinski definition) is 2. The number of nitrogens with one attached hydrogen (secondary N) is 1. The standard InChI is InChI=1S/C9H14N6O/c1-9(2,6-16)5-10-7-3-4-8-11-13-14-15(8)12-7/h3-4,16H,5-6H2,1-2H3,(H,10,12). The fraction of sp³-hybridized carbons (Fsp3) is 0.556. The van der Waals surface area contributed by atoms with Gasteiger partial charge in [-0.1, -0.05) is 13.8 Å². The van der Waals surface area contributed by atoms with E-state index in [1.165, 1.54) is 4.63 Å². The van der Waals surface area contributed by atoms with E-state index in [2.05, 4.69) is 25.9 Å². The number of rotatable bonds is 4. The van der Waals surface area contributed by atoms with Crippen LogP contribution in [-0.4, -0.2) is 43.5 Å². The van der Waals surface area contributed by atoms with Crippen LogP contribution in [0.2, 0.25) is 0 Å². The number of nitrogens with zero attached hydrogens (tertiary/aromatic N) is 5. The van der Waals surface area contributed by atoms with Gasteiger partial charge < -0.3 is 10.4 Å². The second-order valence-corrected chi connectivity index (χ2v) is 4.42. The first-order valence-corrected chi connectivity index (χ1v) is 5.01. The second-order valence-electron chi connectivity index (χ2n) is 4.42. The van der Waals surface area contributed by atoms with Crippen LogP contribution in [-0.2, 0) is 0 Å². The lowest BCUT2D eigenvalue weighted by atomic mass is 9.95. The van der Waals surface area contributed by atoms with Crippen LogP contribution in [0.4, 0.5) is 5.82 Å². The van der Waals surface area contributed by atoms with Gasteiger partial charge in [-0.3, -0.25) is 0 Å². The summed E-state index contributed by atoms with van der Waals surface area (Å²) in [5.41, 5.74) is 0.420. The van der Waals surface area contributed by atoms with Crippen LogP contribution in [0.15, 0.2) is 12.1 Å². The fourth-order valence-corrected chi connectivity index (χ4v) is 1.13. The van der Waals surface area contributed by atoms with E-state index in [0.29, 0.717) is 18.0 Å². The predicted molar refractivity (Wildman–Crippen MR) is 57.9 cm³/mol. The summed E-state index contributed by atoms with van der Waals surface area (Å²) in [7, 11) is 0. The van der Waals surface area contributed by atoms with E-state index in [0.717, 1.165) is 0 Å². The lowest BCUT2D eigenvalue weighted by molar-refractivity contribution is 0.170. The van der Waals surface area contributed by atoms with Crippen LogP contribution >= 0.6 is 0 Å². The molecule has 0 saturated heterocycles. The minimum atomic E-state index is -0.183. The Morgan fingerprint density at radius 2 is 2.25 bits per heavy atom. The molecule has 0 aromatic carbocycles. The highest BCUT2D eigenvalue weighted by Gasteiger charge is 2.16. The quantitative estimate of drug-likeness (QED) is 0.754. The fourth-order valence-electron chi connectivity index (χ4n) is 1.13. The smallest absolute Gasteiger partial charge is 0.200 e. The molecule has 0 aliphatic heterocycles. The van der Waals surface area contributed by atoms with Gasteiger partial charge in [0.15, 0.2) is 5.65 Å². The van der Waals surface area contributed by atoms with Crippen LogP contribution in [0, 0.1) is 5.41 Å². The maximum Gasteiger partial charge on any atom is 0.200 e. The SMILES string of the molecule is CC(C)(CO)CNc1ccc2nnnn2n1. The summed E-state index contributed by atoms with van der Waals surface area (Å²) in [5, 5.41) is 27.4. The van der Waals surface area contributed by atoms with Gasteiger partial charge in [0, 0.05) is 18.6 Å². The Bertz CT molecular complexity index is 480. The molecule has 2 aromatic rings. The lowest BCUT2D eigenvalue weighted by Crippen LogP contribution is -2.27. The molecule has 16 heavy (non-hydrogen) atoms. The van der Waals surface area contributed by atoms with Crippen molar-refractivity contribution in [2.75, 3.05) is 18.5 Å². The maximum atomic E-state index is 9.11. The molecular formula is C9H14N6O. The van der Waals surface area contributed by atoms with Crippen LogP contribution in [0.1, 0.15) is 13.8 Å². The van der Waals surface area contributed by atoms with Crippen LogP contribution < -0.4 is 5.32 Å². The molecular weight excluding hydrogens is 208 g/mol. The summed E-state index contributed by atoms with van der Waals surface area (Å²) in [6, 6.07) is 3.58. The van der Waals surface area contributed by atoms with Crippen LogP contribution in [0.25, 0.3) is 5.65 Å².